The van der Waals surface area contributed by atoms with Crippen molar-refractivity contribution in [1.82, 2.24) is 0 Å². The highest BCUT2D eigenvalue weighted by molar-refractivity contribution is 5.93. The number of benzene rings is 3. The van der Waals surface area contributed by atoms with Crippen molar-refractivity contribution in [1.29, 1.82) is 0 Å². The first-order valence-corrected chi connectivity index (χ1v) is 13.7. The molecule has 48 heavy (non-hydrogen) atoms. The van der Waals surface area contributed by atoms with Crippen molar-refractivity contribution in [3.8, 4) is 51.7 Å². The van der Waals surface area contributed by atoms with Crippen molar-refractivity contribution < 1.29 is 89.2 Å². The molecule has 1 fully saturated rings. The summed E-state index contributed by atoms with van der Waals surface area (Å²) in [6, 6.07) is 4.09. The number of rotatable bonds is 8. The van der Waals surface area contributed by atoms with Crippen LogP contribution < -0.4 is 0 Å². The van der Waals surface area contributed by atoms with Crippen LogP contribution in [0, 0.1) is 0 Å². The Hall–Kier alpha value is -6.30. The molecule has 3 aromatic carbocycles. The van der Waals surface area contributed by atoms with Gasteiger partial charge in [-0.2, -0.15) is 0 Å². The van der Waals surface area contributed by atoms with E-state index in [0.29, 0.717) is 36.4 Å². The molecule has 0 aliphatic heterocycles. The number of carbonyl (C=O) groups excluding carboxylic acids is 4. The summed E-state index contributed by atoms with van der Waals surface area (Å²) in [5, 5.41) is 99.5. The van der Waals surface area contributed by atoms with E-state index in [-0.39, 0.29) is 6.61 Å². The lowest BCUT2D eigenvalue weighted by Crippen LogP contribution is -2.59. The third kappa shape index (κ3) is 6.92. The first-order chi connectivity index (χ1) is 22.4. The fraction of sp³-hybridized carbons (Fsp3) is 0.267. The van der Waals surface area contributed by atoms with E-state index in [1.807, 2.05) is 0 Å². The number of esters is 4. The Morgan fingerprint density at radius 1 is 0.583 bits per heavy atom. The molecule has 4 rings (SSSR count). The molecule has 0 amide bonds. The van der Waals surface area contributed by atoms with Crippen LogP contribution in [0.2, 0.25) is 0 Å². The summed E-state index contributed by atoms with van der Waals surface area (Å²) < 4.78 is 21.2. The van der Waals surface area contributed by atoms with Crippen LogP contribution in [0.3, 0.4) is 0 Å². The van der Waals surface area contributed by atoms with Crippen molar-refractivity contribution in [3.05, 3.63) is 53.1 Å². The highest BCUT2D eigenvalue weighted by Gasteiger charge is 2.55. The Morgan fingerprint density at radius 3 is 1.17 bits per heavy atom. The summed E-state index contributed by atoms with van der Waals surface area (Å²) in [7, 11) is 0. The van der Waals surface area contributed by atoms with Crippen LogP contribution in [0.4, 0.5) is 0 Å². The molecule has 1 aliphatic carbocycles. The van der Waals surface area contributed by atoms with Crippen molar-refractivity contribution in [3.63, 3.8) is 0 Å². The Morgan fingerprint density at radius 2 is 0.875 bits per heavy atom. The minimum Gasteiger partial charge on any atom is -0.504 e. The van der Waals surface area contributed by atoms with Gasteiger partial charge in [-0.3, -0.25) is 0 Å². The second kappa shape index (κ2) is 13.2. The number of carbonyl (C=O) groups is 4. The van der Waals surface area contributed by atoms with Crippen molar-refractivity contribution >= 4 is 23.9 Å². The summed E-state index contributed by atoms with van der Waals surface area (Å²) >= 11 is 0. The van der Waals surface area contributed by atoms with Gasteiger partial charge in [0.05, 0.1) is 23.3 Å². The van der Waals surface area contributed by atoms with Gasteiger partial charge in [0.1, 0.15) is 12.2 Å². The smallest absolute Gasteiger partial charge is 0.338 e. The van der Waals surface area contributed by atoms with Crippen molar-refractivity contribution in [2.24, 2.45) is 0 Å². The van der Waals surface area contributed by atoms with Gasteiger partial charge in [0.15, 0.2) is 63.5 Å². The summed E-state index contributed by atoms with van der Waals surface area (Å²) in [4.78, 5) is 52.5. The summed E-state index contributed by atoms with van der Waals surface area (Å²) in [5.74, 6) is -14.1. The Balaban J connectivity index is 1.79. The third-order valence-electron chi connectivity index (χ3n) is 7.14. The van der Waals surface area contributed by atoms with Crippen molar-refractivity contribution in [2.75, 3.05) is 6.61 Å². The molecule has 0 unspecified atom stereocenters. The predicted molar refractivity (Wildman–Crippen MR) is 153 cm³/mol. The van der Waals surface area contributed by atoms with E-state index < -0.39 is 129 Å². The average molecular weight is 677 g/mol. The minimum absolute atomic E-state index is 0.250. The molecule has 0 aromatic heterocycles. The number of aromatic hydroxyl groups is 9. The molecule has 1 saturated carbocycles. The maximum absolute atomic E-state index is 13.2. The second-order valence-corrected chi connectivity index (χ2v) is 10.5. The van der Waals surface area contributed by atoms with E-state index >= 15 is 0 Å². The summed E-state index contributed by atoms with van der Waals surface area (Å²) in [6.07, 6.45) is -7.57. The van der Waals surface area contributed by atoms with Crippen LogP contribution in [-0.2, 0) is 23.7 Å². The number of hydrogen-bond donors (Lipinski definition) is 10. The summed E-state index contributed by atoms with van der Waals surface area (Å²) in [5.41, 5.74) is -4.38. The Kier molecular flexibility index (Phi) is 9.51. The van der Waals surface area contributed by atoms with Gasteiger partial charge in [-0.25, -0.2) is 19.2 Å². The fourth-order valence-corrected chi connectivity index (χ4v) is 4.79. The zero-order valence-electron chi connectivity index (χ0n) is 24.6. The lowest BCUT2D eigenvalue weighted by Gasteiger charge is -2.42. The van der Waals surface area contributed by atoms with Crippen LogP contribution in [0.5, 0.6) is 51.7 Å². The average Bonchev–Trinajstić information content (AvgIpc) is 3.02. The highest BCUT2D eigenvalue weighted by Crippen LogP contribution is 2.41. The van der Waals surface area contributed by atoms with E-state index in [4.69, 9.17) is 18.9 Å². The maximum Gasteiger partial charge on any atom is 0.338 e. The van der Waals surface area contributed by atoms with Gasteiger partial charge in [0.25, 0.3) is 0 Å². The number of aliphatic hydroxyl groups is 1. The SMILES string of the molecule is CCOC(=O)C1(O)C[C@@H](OC(=O)c2cc(O)c(O)c(O)c2)C(OC(=O)c2cc(O)c(O)c(O)c2)[C@H](OC(=O)c2cc(O)c(O)c(O)c2)C1. The first-order valence-electron chi connectivity index (χ1n) is 13.7. The van der Waals surface area contributed by atoms with E-state index in [9.17, 15) is 70.2 Å². The van der Waals surface area contributed by atoms with Gasteiger partial charge in [-0.15, -0.1) is 0 Å². The Labute approximate surface area is 268 Å². The standard InChI is InChI=1S/C30H28O18/c1-2-45-29(43)30(44)9-20(46-26(40)11-3-14(31)22(37)15(32)4-11)25(48-28(42)13-7-18(35)24(39)19(36)8-13)21(10-30)47-27(41)12-5-16(33)23(38)17(34)6-12/h3-8,20-21,25,31-39,44H,2,9-10H2,1H3/t20-,21-,25?,30?/m1/s1. The van der Waals surface area contributed by atoms with Crippen molar-refractivity contribution in [2.45, 2.75) is 43.7 Å². The predicted octanol–water partition coefficient (Wildman–Crippen LogP) is 1.10. The molecule has 0 saturated heterocycles. The van der Waals surface area contributed by atoms with Crippen LogP contribution >= 0.6 is 0 Å². The van der Waals surface area contributed by atoms with Crippen LogP contribution in [-0.4, -0.2) is 105 Å². The van der Waals surface area contributed by atoms with Gasteiger partial charge in [0.2, 0.25) is 0 Å². The molecule has 2 atom stereocenters. The van der Waals surface area contributed by atoms with E-state index in [1.54, 1.807) is 0 Å². The lowest BCUT2D eigenvalue weighted by atomic mass is 9.79. The number of phenols is 9. The molecule has 18 nitrogen and oxygen atoms in total. The van der Waals surface area contributed by atoms with E-state index in [1.165, 1.54) is 6.92 Å². The van der Waals surface area contributed by atoms with Gasteiger partial charge in [-0.05, 0) is 43.3 Å². The molecular formula is C30H28O18. The molecule has 256 valence electrons. The zero-order chi connectivity index (χ0) is 35.7. The molecule has 18 heteroatoms. The second-order valence-electron chi connectivity index (χ2n) is 10.5. The summed E-state index contributed by atoms with van der Waals surface area (Å²) in [6.45, 7) is 1.15. The Bertz CT molecular complexity index is 1630. The monoisotopic (exact) mass is 676 g/mol. The molecule has 0 heterocycles. The highest BCUT2D eigenvalue weighted by atomic mass is 16.6. The van der Waals surface area contributed by atoms with E-state index in [2.05, 4.69) is 0 Å². The molecule has 3 aromatic rings. The number of phenolic OH excluding ortho intramolecular Hbond substituents is 9. The van der Waals surface area contributed by atoms with Gasteiger partial charge >= 0.3 is 23.9 Å². The van der Waals surface area contributed by atoms with Crippen LogP contribution in [0.1, 0.15) is 50.8 Å². The fourth-order valence-electron chi connectivity index (χ4n) is 4.79. The third-order valence-corrected chi connectivity index (χ3v) is 7.14. The normalized spacial score (nSPS) is 20.3. The maximum atomic E-state index is 13.2. The number of hydrogen-bond acceptors (Lipinski definition) is 18. The zero-order valence-corrected chi connectivity index (χ0v) is 24.6. The number of ether oxygens (including phenoxy) is 4. The molecule has 1 aliphatic rings. The van der Waals surface area contributed by atoms with Gasteiger partial charge < -0.3 is 70.0 Å². The first kappa shape index (κ1) is 34.6. The van der Waals surface area contributed by atoms with Gasteiger partial charge in [0, 0.05) is 12.8 Å². The molecular weight excluding hydrogens is 648 g/mol. The molecule has 0 bridgehead atoms. The van der Waals surface area contributed by atoms with Crippen LogP contribution in [0.25, 0.3) is 0 Å². The molecule has 10 N–H and O–H groups in total. The van der Waals surface area contributed by atoms with E-state index in [0.717, 1.165) is 0 Å². The lowest BCUT2D eigenvalue weighted by molar-refractivity contribution is -0.192. The quantitative estimate of drug-likeness (QED) is 0.0907. The topological polar surface area (TPSA) is 308 Å². The molecule has 0 spiro atoms. The van der Waals surface area contributed by atoms with Gasteiger partial charge in [-0.1, -0.05) is 0 Å². The largest absolute Gasteiger partial charge is 0.504 e. The van der Waals surface area contributed by atoms with Crippen LogP contribution in [0.15, 0.2) is 36.4 Å². The minimum atomic E-state index is -2.61. The molecule has 0 radical (unpaired) electrons.